The van der Waals surface area contributed by atoms with Gasteiger partial charge in [-0.05, 0) is 36.2 Å². The molecule has 0 aliphatic rings. The second-order valence-corrected chi connectivity index (χ2v) is 6.56. The molecule has 4 nitrogen and oxygen atoms in total. The number of benzene rings is 2. The quantitative estimate of drug-likeness (QED) is 0.811. The lowest BCUT2D eigenvalue weighted by Crippen LogP contribution is -2.34. The lowest BCUT2D eigenvalue weighted by molar-refractivity contribution is -0.121. The third kappa shape index (κ3) is 5.48. The van der Waals surface area contributed by atoms with Crippen molar-refractivity contribution < 1.29 is 9.59 Å². The van der Waals surface area contributed by atoms with Crippen LogP contribution >= 0.6 is 23.2 Å². The average Bonchev–Trinajstić information content (AvgIpc) is 2.57. The Bertz CT molecular complexity index is 778. The van der Waals surface area contributed by atoms with E-state index < -0.39 is 0 Å². The maximum atomic E-state index is 12.1. The van der Waals surface area contributed by atoms with E-state index in [2.05, 4.69) is 5.32 Å². The largest absolute Gasteiger partial charge is 0.352 e. The van der Waals surface area contributed by atoms with Crippen LogP contribution in [0.15, 0.2) is 42.5 Å². The van der Waals surface area contributed by atoms with Crippen molar-refractivity contribution in [1.29, 1.82) is 0 Å². The molecule has 0 unspecified atom stereocenters. The van der Waals surface area contributed by atoms with Crippen LogP contribution in [0.1, 0.15) is 24.5 Å². The summed E-state index contributed by atoms with van der Waals surface area (Å²) in [6.07, 6.45) is 0.190. The molecule has 2 aromatic rings. The lowest BCUT2D eigenvalue weighted by atomic mass is 10.1. The molecular weight excluding hydrogens is 359 g/mol. The summed E-state index contributed by atoms with van der Waals surface area (Å²) in [5.41, 5.74) is 2.50. The summed E-state index contributed by atoms with van der Waals surface area (Å²) in [6.45, 7) is 4.01. The molecule has 0 aromatic heterocycles. The molecule has 1 N–H and O–H groups in total. The van der Waals surface area contributed by atoms with Gasteiger partial charge in [0.1, 0.15) is 0 Å². The molecule has 0 bridgehead atoms. The fraction of sp³-hybridized carbons (Fsp3) is 0.263. The molecular formula is C19H20Cl2N2O2. The Morgan fingerprint density at radius 3 is 2.52 bits per heavy atom. The number of aryl methyl sites for hydroxylation is 1. The molecule has 0 aliphatic carbocycles. The van der Waals surface area contributed by atoms with Gasteiger partial charge in [0, 0.05) is 42.2 Å². The van der Waals surface area contributed by atoms with Crippen molar-refractivity contribution in [1.82, 2.24) is 5.32 Å². The highest BCUT2D eigenvalue weighted by Crippen LogP contribution is 2.24. The van der Waals surface area contributed by atoms with Crippen LogP contribution in [0.25, 0.3) is 0 Å². The van der Waals surface area contributed by atoms with Crippen LogP contribution in [0.2, 0.25) is 10.0 Å². The van der Waals surface area contributed by atoms with Gasteiger partial charge in [-0.15, -0.1) is 0 Å². The van der Waals surface area contributed by atoms with Crippen molar-refractivity contribution in [2.75, 3.05) is 11.4 Å². The summed E-state index contributed by atoms with van der Waals surface area (Å²) in [5.74, 6) is -0.282. The summed E-state index contributed by atoms with van der Waals surface area (Å²) in [4.78, 5) is 25.7. The van der Waals surface area contributed by atoms with Crippen LogP contribution in [0.5, 0.6) is 0 Å². The smallest absolute Gasteiger partial charge is 0.223 e. The van der Waals surface area contributed by atoms with Crippen LogP contribution in [0.4, 0.5) is 5.69 Å². The molecule has 0 radical (unpaired) electrons. The number of carbonyl (C=O) groups excluding carboxylic acids is 2. The molecule has 6 heteroatoms. The number of rotatable bonds is 6. The number of halogens is 2. The topological polar surface area (TPSA) is 49.4 Å². The fourth-order valence-corrected chi connectivity index (χ4v) is 2.83. The van der Waals surface area contributed by atoms with Crippen molar-refractivity contribution in [3.05, 3.63) is 63.6 Å². The molecule has 2 rings (SSSR count). The molecule has 0 heterocycles. The zero-order valence-electron chi connectivity index (χ0n) is 14.2. The van der Waals surface area contributed by atoms with Crippen molar-refractivity contribution in [3.8, 4) is 0 Å². The van der Waals surface area contributed by atoms with Crippen LogP contribution in [-0.4, -0.2) is 18.4 Å². The predicted octanol–water partition coefficient (Wildman–Crippen LogP) is 4.36. The van der Waals surface area contributed by atoms with Gasteiger partial charge in [0.15, 0.2) is 0 Å². The molecule has 0 aliphatic heterocycles. The number of hydrogen-bond donors (Lipinski definition) is 1. The number of hydrogen-bond acceptors (Lipinski definition) is 2. The zero-order valence-corrected chi connectivity index (χ0v) is 15.7. The van der Waals surface area contributed by atoms with Crippen LogP contribution in [-0.2, 0) is 16.1 Å². The molecule has 2 aromatic carbocycles. The minimum absolute atomic E-state index is 0.135. The second-order valence-electron chi connectivity index (χ2n) is 5.72. The van der Waals surface area contributed by atoms with Crippen molar-refractivity contribution in [2.24, 2.45) is 0 Å². The maximum Gasteiger partial charge on any atom is 0.223 e. The first kappa shape index (κ1) is 19.3. The van der Waals surface area contributed by atoms with Gasteiger partial charge in [0.25, 0.3) is 0 Å². The van der Waals surface area contributed by atoms with Crippen molar-refractivity contribution in [2.45, 2.75) is 26.8 Å². The molecule has 0 saturated carbocycles. The van der Waals surface area contributed by atoms with Gasteiger partial charge < -0.3 is 10.2 Å². The summed E-state index contributed by atoms with van der Waals surface area (Å²) >= 11 is 12.1. The Morgan fingerprint density at radius 2 is 1.84 bits per heavy atom. The minimum atomic E-state index is -0.147. The second kappa shape index (κ2) is 8.88. The van der Waals surface area contributed by atoms with Crippen LogP contribution in [0.3, 0.4) is 0 Å². The minimum Gasteiger partial charge on any atom is -0.352 e. The maximum absolute atomic E-state index is 12.1. The van der Waals surface area contributed by atoms with Crippen LogP contribution in [0, 0.1) is 6.92 Å². The van der Waals surface area contributed by atoms with E-state index in [1.54, 1.807) is 23.1 Å². The normalized spacial score (nSPS) is 10.4. The first-order valence-corrected chi connectivity index (χ1v) is 8.68. The monoisotopic (exact) mass is 378 g/mol. The van der Waals surface area contributed by atoms with E-state index in [4.69, 9.17) is 23.2 Å². The summed E-state index contributed by atoms with van der Waals surface area (Å²) < 4.78 is 0. The Labute approximate surface area is 157 Å². The van der Waals surface area contributed by atoms with Gasteiger partial charge in [0.05, 0.1) is 0 Å². The molecule has 25 heavy (non-hydrogen) atoms. The molecule has 0 saturated heterocycles. The van der Waals surface area contributed by atoms with E-state index in [-0.39, 0.29) is 24.8 Å². The van der Waals surface area contributed by atoms with E-state index in [9.17, 15) is 9.59 Å². The number of amides is 2. The van der Waals surface area contributed by atoms with Gasteiger partial charge in [-0.3, -0.25) is 9.59 Å². The SMILES string of the molecule is CC(=O)N(CCC(=O)NCc1ccccc1Cl)c1cc(Cl)ccc1C. The first-order valence-electron chi connectivity index (χ1n) is 7.93. The summed E-state index contributed by atoms with van der Waals surface area (Å²) in [6, 6.07) is 12.7. The van der Waals surface area contributed by atoms with E-state index in [1.807, 2.05) is 31.2 Å². The number of nitrogens with one attached hydrogen (secondary N) is 1. The average molecular weight is 379 g/mol. The third-order valence-electron chi connectivity index (χ3n) is 3.84. The number of carbonyl (C=O) groups is 2. The molecule has 0 atom stereocenters. The Balaban J connectivity index is 1.97. The van der Waals surface area contributed by atoms with E-state index in [0.717, 1.165) is 16.8 Å². The van der Waals surface area contributed by atoms with E-state index >= 15 is 0 Å². The summed E-state index contributed by atoms with van der Waals surface area (Å²) in [5, 5.41) is 3.99. The predicted molar refractivity (Wildman–Crippen MR) is 102 cm³/mol. The van der Waals surface area contributed by atoms with Gasteiger partial charge in [-0.1, -0.05) is 47.5 Å². The van der Waals surface area contributed by atoms with Crippen molar-refractivity contribution in [3.63, 3.8) is 0 Å². The van der Waals surface area contributed by atoms with Crippen molar-refractivity contribution >= 4 is 40.7 Å². The standard InChI is InChI=1S/C19H20Cl2N2O2/c1-13-7-8-16(20)11-18(13)23(14(2)24)10-9-19(25)22-12-15-5-3-4-6-17(15)21/h3-8,11H,9-10,12H2,1-2H3,(H,22,25). The molecule has 132 valence electrons. The summed E-state index contributed by atoms with van der Waals surface area (Å²) in [7, 11) is 0. The number of nitrogens with zero attached hydrogens (tertiary/aromatic N) is 1. The Morgan fingerprint density at radius 1 is 1.12 bits per heavy atom. The molecule has 0 spiro atoms. The van der Waals surface area contributed by atoms with Gasteiger partial charge in [-0.2, -0.15) is 0 Å². The highest BCUT2D eigenvalue weighted by atomic mass is 35.5. The highest BCUT2D eigenvalue weighted by Gasteiger charge is 2.16. The van der Waals surface area contributed by atoms with Crippen LogP contribution < -0.4 is 10.2 Å². The van der Waals surface area contributed by atoms with Gasteiger partial charge in [-0.25, -0.2) is 0 Å². The van der Waals surface area contributed by atoms with Gasteiger partial charge >= 0.3 is 0 Å². The Kier molecular flexibility index (Phi) is 6.85. The third-order valence-corrected chi connectivity index (χ3v) is 4.44. The molecule has 2 amide bonds. The fourth-order valence-electron chi connectivity index (χ4n) is 2.46. The lowest BCUT2D eigenvalue weighted by Gasteiger charge is -2.23. The van der Waals surface area contributed by atoms with E-state index in [1.165, 1.54) is 6.92 Å². The van der Waals surface area contributed by atoms with E-state index in [0.29, 0.717) is 16.6 Å². The van der Waals surface area contributed by atoms with Gasteiger partial charge in [0.2, 0.25) is 11.8 Å². The molecule has 0 fully saturated rings. The zero-order chi connectivity index (χ0) is 18.4. The highest BCUT2D eigenvalue weighted by molar-refractivity contribution is 6.31. The number of anilines is 1. The first-order chi connectivity index (χ1) is 11.9. The Hall–Kier alpha value is -2.04.